The van der Waals surface area contributed by atoms with Crippen molar-refractivity contribution in [2.24, 2.45) is 5.92 Å². The monoisotopic (exact) mass is 316 g/mol. The van der Waals surface area contributed by atoms with Gasteiger partial charge in [0, 0.05) is 25.6 Å². The Bertz CT molecular complexity index is 520. The van der Waals surface area contributed by atoms with Crippen molar-refractivity contribution in [2.75, 3.05) is 26.7 Å². The van der Waals surface area contributed by atoms with Gasteiger partial charge in [0.15, 0.2) is 0 Å². The Balaban J connectivity index is 1.38. The molecule has 1 aliphatic heterocycles. The van der Waals surface area contributed by atoms with Crippen molar-refractivity contribution < 1.29 is 9.53 Å². The maximum atomic E-state index is 12.4. The second-order valence-corrected chi connectivity index (χ2v) is 6.86. The van der Waals surface area contributed by atoms with Crippen LogP contribution in [0.15, 0.2) is 24.3 Å². The van der Waals surface area contributed by atoms with E-state index in [1.54, 1.807) is 7.11 Å². The molecule has 0 radical (unpaired) electrons. The van der Waals surface area contributed by atoms with E-state index in [2.05, 4.69) is 11.4 Å². The second-order valence-electron chi connectivity index (χ2n) is 6.86. The molecule has 1 heterocycles. The molecule has 1 aromatic rings. The van der Waals surface area contributed by atoms with Gasteiger partial charge in [-0.3, -0.25) is 4.79 Å². The lowest BCUT2D eigenvalue weighted by Gasteiger charge is -2.32. The van der Waals surface area contributed by atoms with E-state index in [1.165, 1.54) is 24.9 Å². The predicted molar refractivity (Wildman–Crippen MR) is 91.6 cm³/mol. The Morgan fingerprint density at radius 2 is 2.04 bits per heavy atom. The number of nitrogens with one attached hydrogen (secondary N) is 1. The minimum atomic E-state index is 0.286. The van der Waals surface area contributed by atoms with Crippen molar-refractivity contribution in [3.05, 3.63) is 29.8 Å². The highest BCUT2D eigenvalue weighted by atomic mass is 16.5. The molecular formula is C19H28N2O2. The fraction of sp³-hybridized carbons (Fsp3) is 0.632. The van der Waals surface area contributed by atoms with Gasteiger partial charge in [0.05, 0.1) is 7.11 Å². The lowest BCUT2D eigenvalue weighted by Crippen LogP contribution is -2.45. The van der Waals surface area contributed by atoms with Crippen LogP contribution in [0.5, 0.6) is 5.75 Å². The Morgan fingerprint density at radius 1 is 1.26 bits per heavy atom. The maximum Gasteiger partial charge on any atom is 0.222 e. The largest absolute Gasteiger partial charge is 0.497 e. The number of hydrogen-bond donors (Lipinski definition) is 1. The first-order valence-corrected chi connectivity index (χ1v) is 8.88. The first kappa shape index (κ1) is 16.3. The van der Waals surface area contributed by atoms with Gasteiger partial charge in [-0.25, -0.2) is 0 Å². The highest BCUT2D eigenvalue weighted by molar-refractivity contribution is 5.76. The fourth-order valence-electron chi connectivity index (χ4n) is 3.23. The van der Waals surface area contributed by atoms with Gasteiger partial charge in [-0.2, -0.15) is 0 Å². The summed E-state index contributed by atoms with van der Waals surface area (Å²) in [6.07, 6.45) is 6.36. The molecule has 0 bridgehead atoms. The third kappa shape index (κ3) is 4.96. The molecule has 1 saturated heterocycles. The van der Waals surface area contributed by atoms with Crippen molar-refractivity contribution >= 4 is 5.91 Å². The summed E-state index contributed by atoms with van der Waals surface area (Å²) >= 11 is 0. The van der Waals surface area contributed by atoms with E-state index < -0.39 is 0 Å². The average molecular weight is 316 g/mol. The summed E-state index contributed by atoms with van der Waals surface area (Å²) in [5.41, 5.74) is 1.17. The molecule has 1 amide bonds. The first-order valence-electron chi connectivity index (χ1n) is 8.88. The van der Waals surface area contributed by atoms with Crippen LogP contribution in [-0.4, -0.2) is 43.6 Å². The maximum absolute atomic E-state index is 12.4. The predicted octanol–water partition coefficient (Wildman–Crippen LogP) is 2.62. The number of piperidine rings is 1. The summed E-state index contributed by atoms with van der Waals surface area (Å²) < 4.78 is 5.23. The van der Waals surface area contributed by atoms with Gasteiger partial charge < -0.3 is 15.0 Å². The first-order chi connectivity index (χ1) is 11.2. The number of carbonyl (C=O) groups excluding carboxylic acids is 1. The van der Waals surface area contributed by atoms with Crippen LogP contribution in [0.3, 0.4) is 0 Å². The van der Waals surface area contributed by atoms with Crippen LogP contribution in [0.25, 0.3) is 0 Å². The molecule has 4 heteroatoms. The smallest absolute Gasteiger partial charge is 0.222 e. The minimum absolute atomic E-state index is 0.286. The zero-order chi connectivity index (χ0) is 16.1. The molecule has 0 aromatic heterocycles. The van der Waals surface area contributed by atoms with E-state index in [1.807, 2.05) is 23.1 Å². The highest BCUT2D eigenvalue weighted by Gasteiger charge is 2.25. The van der Waals surface area contributed by atoms with Crippen molar-refractivity contribution in [2.45, 2.75) is 44.6 Å². The molecule has 1 N–H and O–H groups in total. The fourth-order valence-corrected chi connectivity index (χ4v) is 3.23. The van der Waals surface area contributed by atoms with Gasteiger partial charge in [-0.1, -0.05) is 12.1 Å². The van der Waals surface area contributed by atoms with Crippen LogP contribution < -0.4 is 10.1 Å². The molecule has 1 aromatic carbocycles. The molecule has 2 fully saturated rings. The molecule has 1 saturated carbocycles. The van der Waals surface area contributed by atoms with Gasteiger partial charge in [-0.05, 0) is 62.3 Å². The van der Waals surface area contributed by atoms with Gasteiger partial charge in [0.1, 0.15) is 5.75 Å². The minimum Gasteiger partial charge on any atom is -0.497 e. The van der Waals surface area contributed by atoms with E-state index in [0.29, 0.717) is 12.5 Å². The molecule has 3 rings (SSSR count). The normalized spacial score (nSPS) is 18.9. The number of methoxy groups -OCH3 is 1. The average Bonchev–Trinajstić information content (AvgIpc) is 3.43. The number of amides is 1. The number of nitrogens with zero attached hydrogens (tertiary/aromatic N) is 1. The van der Waals surface area contributed by atoms with Crippen molar-refractivity contribution in [3.8, 4) is 5.75 Å². The molecule has 0 spiro atoms. The number of carbonyl (C=O) groups is 1. The third-order valence-electron chi connectivity index (χ3n) is 5.00. The van der Waals surface area contributed by atoms with Gasteiger partial charge in [0.2, 0.25) is 5.91 Å². The van der Waals surface area contributed by atoms with E-state index >= 15 is 0 Å². The summed E-state index contributed by atoms with van der Waals surface area (Å²) in [4.78, 5) is 14.4. The van der Waals surface area contributed by atoms with Gasteiger partial charge >= 0.3 is 0 Å². The third-order valence-corrected chi connectivity index (χ3v) is 5.00. The lowest BCUT2D eigenvalue weighted by molar-refractivity contribution is -0.132. The number of rotatable bonds is 7. The van der Waals surface area contributed by atoms with Crippen molar-refractivity contribution in [1.82, 2.24) is 10.2 Å². The number of hydrogen-bond acceptors (Lipinski definition) is 3. The number of ether oxygens (including phenoxy) is 1. The van der Waals surface area contributed by atoms with Crippen LogP contribution in [0, 0.1) is 5.92 Å². The lowest BCUT2D eigenvalue weighted by atomic mass is 10.0. The summed E-state index contributed by atoms with van der Waals surface area (Å²) in [5.74, 6) is 2.07. The number of benzene rings is 1. The summed E-state index contributed by atoms with van der Waals surface area (Å²) in [6, 6.07) is 8.60. The molecule has 126 valence electrons. The Kier molecular flexibility index (Phi) is 5.55. The summed E-state index contributed by atoms with van der Waals surface area (Å²) in [5, 5.41) is 3.66. The molecule has 0 unspecified atom stereocenters. The van der Waals surface area contributed by atoms with Crippen LogP contribution in [0.1, 0.15) is 37.7 Å². The zero-order valence-corrected chi connectivity index (χ0v) is 14.1. The highest BCUT2D eigenvalue weighted by Crippen LogP contribution is 2.28. The van der Waals surface area contributed by atoms with Gasteiger partial charge in [0.25, 0.3) is 0 Å². The Morgan fingerprint density at radius 3 is 2.74 bits per heavy atom. The summed E-state index contributed by atoms with van der Waals surface area (Å²) in [6.45, 7) is 2.98. The quantitative estimate of drug-likeness (QED) is 0.841. The Hall–Kier alpha value is -1.55. The zero-order valence-electron chi connectivity index (χ0n) is 14.1. The molecule has 23 heavy (non-hydrogen) atoms. The molecular weight excluding hydrogens is 288 g/mol. The van der Waals surface area contributed by atoms with Crippen LogP contribution >= 0.6 is 0 Å². The standard InChI is InChI=1S/C19H28N2O2/c1-23-18-4-2-3-15(13-18)7-8-19(22)21-11-9-17(10-12-21)20-14-16-5-6-16/h2-4,13,16-17,20H,5-12,14H2,1H3. The number of likely N-dealkylation sites (tertiary alicyclic amines) is 1. The van der Waals surface area contributed by atoms with Crippen molar-refractivity contribution in [3.63, 3.8) is 0 Å². The molecule has 1 aliphatic carbocycles. The molecule has 0 atom stereocenters. The van der Waals surface area contributed by atoms with E-state index in [-0.39, 0.29) is 5.91 Å². The molecule has 2 aliphatic rings. The molecule has 4 nitrogen and oxygen atoms in total. The summed E-state index contributed by atoms with van der Waals surface area (Å²) in [7, 11) is 1.67. The van der Waals surface area contributed by atoms with E-state index in [0.717, 1.165) is 44.0 Å². The topological polar surface area (TPSA) is 41.6 Å². The van der Waals surface area contributed by atoms with Crippen molar-refractivity contribution in [1.29, 1.82) is 0 Å². The van der Waals surface area contributed by atoms with Crippen LogP contribution in [-0.2, 0) is 11.2 Å². The number of aryl methyl sites for hydroxylation is 1. The van der Waals surface area contributed by atoms with E-state index in [9.17, 15) is 4.79 Å². The Labute approximate surface area is 139 Å². The second kappa shape index (κ2) is 7.82. The van der Waals surface area contributed by atoms with Gasteiger partial charge in [-0.15, -0.1) is 0 Å². The van der Waals surface area contributed by atoms with Crippen LogP contribution in [0.4, 0.5) is 0 Å². The van der Waals surface area contributed by atoms with E-state index in [4.69, 9.17) is 4.74 Å². The van der Waals surface area contributed by atoms with Crippen LogP contribution in [0.2, 0.25) is 0 Å². The SMILES string of the molecule is COc1cccc(CCC(=O)N2CCC(NCC3CC3)CC2)c1.